The Hall–Kier alpha value is -3.13. The van der Waals surface area contributed by atoms with Crippen molar-refractivity contribution in [2.24, 2.45) is 11.8 Å². The number of anilines is 2. The van der Waals surface area contributed by atoms with E-state index in [2.05, 4.69) is 29.2 Å². The van der Waals surface area contributed by atoms with Crippen LogP contribution in [-0.4, -0.2) is 59.9 Å². The molecule has 4 rings (SSSR count). The van der Waals surface area contributed by atoms with Gasteiger partial charge in [-0.05, 0) is 74.5 Å². The maximum Gasteiger partial charge on any atom is 0.313 e. The fourth-order valence-corrected chi connectivity index (χ4v) is 5.10. The van der Waals surface area contributed by atoms with Gasteiger partial charge >= 0.3 is 11.8 Å². The number of benzene rings is 1. The van der Waals surface area contributed by atoms with Crippen LogP contribution >= 0.6 is 0 Å². The molecule has 0 saturated carbocycles. The number of aryl methyl sites for hydroxylation is 1. The van der Waals surface area contributed by atoms with Crippen LogP contribution in [0.15, 0.2) is 36.5 Å². The van der Waals surface area contributed by atoms with E-state index in [1.807, 2.05) is 31.2 Å². The molecule has 3 atom stereocenters. The summed E-state index contributed by atoms with van der Waals surface area (Å²) in [4.78, 5) is 34.4. The standard InChI is InChI=1S/C27H37N5O3/c1-4-20-12-22(14-29-25(20)28)30-26(33)27(34)32-15-18(2)8-9-24(32)21-6-5-7-23(13-21)35-17-19-10-11-31(3)16-19/h5-7,12-14,18-19,24H,4,8-11,15-17H2,1-3H3,(H2,28,29)(H,30,33)/t18-,19+,24?/m0/s1. The van der Waals surface area contributed by atoms with E-state index in [-0.39, 0.29) is 6.04 Å². The second-order valence-corrected chi connectivity index (χ2v) is 10.0. The van der Waals surface area contributed by atoms with E-state index in [4.69, 9.17) is 10.5 Å². The van der Waals surface area contributed by atoms with E-state index >= 15 is 0 Å². The van der Waals surface area contributed by atoms with Crippen molar-refractivity contribution in [1.82, 2.24) is 14.8 Å². The molecule has 188 valence electrons. The first-order valence-electron chi connectivity index (χ1n) is 12.6. The molecule has 0 radical (unpaired) electrons. The Labute approximate surface area is 207 Å². The maximum atomic E-state index is 13.3. The number of likely N-dealkylation sites (tertiary alicyclic amines) is 2. The van der Waals surface area contributed by atoms with Crippen molar-refractivity contribution in [3.8, 4) is 5.75 Å². The number of nitrogens with zero attached hydrogens (tertiary/aromatic N) is 3. The summed E-state index contributed by atoms with van der Waals surface area (Å²) in [7, 11) is 2.14. The molecule has 3 N–H and O–H groups in total. The Morgan fingerprint density at radius 2 is 2.03 bits per heavy atom. The van der Waals surface area contributed by atoms with Gasteiger partial charge in [-0.25, -0.2) is 4.98 Å². The third-order valence-electron chi connectivity index (χ3n) is 7.13. The monoisotopic (exact) mass is 479 g/mol. The molecule has 1 unspecified atom stereocenters. The largest absolute Gasteiger partial charge is 0.493 e. The van der Waals surface area contributed by atoms with Crippen LogP contribution in [0, 0.1) is 11.8 Å². The van der Waals surface area contributed by atoms with Crippen molar-refractivity contribution in [2.45, 2.75) is 45.6 Å². The highest BCUT2D eigenvalue weighted by molar-refractivity contribution is 6.39. The summed E-state index contributed by atoms with van der Waals surface area (Å²) in [6.07, 6.45) is 5.13. The predicted molar refractivity (Wildman–Crippen MR) is 137 cm³/mol. The molecule has 35 heavy (non-hydrogen) atoms. The average molecular weight is 480 g/mol. The maximum absolute atomic E-state index is 13.3. The van der Waals surface area contributed by atoms with E-state index in [0.29, 0.717) is 42.9 Å². The third-order valence-corrected chi connectivity index (χ3v) is 7.13. The molecular formula is C27H37N5O3. The SMILES string of the molecule is CCc1cc(NC(=O)C(=O)N2C[C@@H](C)CCC2c2cccc(OC[C@@H]3CCN(C)C3)c2)cnc1N. The summed E-state index contributed by atoms with van der Waals surface area (Å²) < 4.78 is 6.12. The lowest BCUT2D eigenvalue weighted by Gasteiger charge is -2.38. The second kappa shape index (κ2) is 11.1. The summed E-state index contributed by atoms with van der Waals surface area (Å²) >= 11 is 0. The minimum absolute atomic E-state index is 0.165. The molecule has 0 aliphatic carbocycles. The van der Waals surface area contributed by atoms with Crippen LogP contribution in [0.2, 0.25) is 0 Å². The molecule has 3 heterocycles. The number of carbonyl (C=O) groups is 2. The van der Waals surface area contributed by atoms with Gasteiger partial charge in [-0.2, -0.15) is 0 Å². The molecule has 0 spiro atoms. The predicted octanol–water partition coefficient (Wildman–Crippen LogP) is 3.50. The van der Waals surface area contributed by atoms with Gasteiger partial charge in [0.15, 0.2) is 0 Å². The van der Waals surface area contributed by atoms with Crippen molar-refractivity contribution in [3.05, 3.63) is 47.7 Å². The number of amides is 2. The number of nitrogen functional groups attached to an aromatic ring is 1. The van der Waals surface area contributed by atoms with Crippen LogP contribution in [0.25, 0.3) is 0 Å². The van der Waals surface area contributed by atoms with Crippen molar-refractivity contribution in [3.63, 3.8) is 0 Å². The highest BCUT2D eigenvalue weighted by atomic mass is 16.5. The highest BCUT2D eigenvalue weighted by Crippen LogP contribution is 2.35. The fraction of sp³-hybridized carbons (Fsp3) is 0.519. The van der Waals surface area contributed by atoms with Crippen molar-refractivity contribution >= 4 is 23.3 Å². The number of piperidine rings is 1. The zero-order valence-corrected chi connectivity index (χ0v) is 21.0. The molecule has 8 heteroatoms. The molecule has 2 aromatic rings. The minimum atomic E-state index is -0.657. The van der Waals surface area contributed by atoms with E-state index in [0.717, 1.165) is 49.2 Å². The zero-order valence-electron chi connectivity index (χ0n) is 21.0. The van der Waals surface area contributed by atoms with Crippen molar-refractivity contribution in [2.75, 3.05) is 44.3 Å². The number of nitrogens with two attached hydrogens (primary N) is 1. The van der Waals surface area contributed by atoms with Gasteiger partial charge in [-0.1, -0.05) is 26.0 Å². The Morgan fingerprint density at radius 1 is 1.20 bits per heavy atom. The Bertz CT molecular complexity index is 1060. The van der Waals surface area contributed by atoms with Gasteiger partial charge in [0.1, 0.15) is 11.6 Å². The third kappa shape index (κ3) is 6.11. The van der Waals surface area contributed by atoms with E-state index in [1.54, 1.807) is 11.0 Å². The average Bonchev–Trinajstić information content (AvgIpc) is 3.28. The van der Waals surface area contributed by atoms with Crippen LogP contribution in [0.4, 0.5) is 11.5 Å². The van der Waals surface area contributed by atoms with Gasteiger partial charge in [-0.3, -0.25) is 9.59 Å². The fourth-order valence-electron chi connectivity index (χ4n) is 5.10. The summed E-state index contributed by atoms with van der Waals surface area (Å²) in [5.74, 6) is 0.923. The van der Waals surface area contributed by atoms with E-state index in [9.17, 15) is 9.59 Å². The molecule has 2 saturated heterocycles. The number of hydrogen-bond donors (Lipinski definition) is 2. The van der Waals surface area contributed by atoms with Crippen molar-refractivity contribution in [1.29, 1.82) is 0 Å². The molecule has 1 aromatic heterocycles. The highest BCUT2D eigenvalue weighted by Gasteiger charge is 2.34. The lowest BCUT2D eigenvalue weighted by molar-refractivity contribution is -0.146. The van der Waals surface area contributed by atoms with Crippen LogP contribution in [-0.2, 0) is 16.0 Å². The lowest BCUT2D eigenvalue weighted by Crippen LogP contribution is -2.46. The first kappa shape index (κ1) is 25.0. The minimum Gasteiger partial charge on any atom is -0.493 e. The summed E-state index contributed by atoms with van der Waals surface area (Å²) in [6.45, 7) is 7.48. The number of ether oxygens (including phenoxy) is 1. The van der Waals surface area contributed by atoms with E-state index < -0.39 is 11.8 Å². The topological polar surface area (TPSA) is 101 Å². The van der Waals surface area contributed by atoms with Gasteiger partial charge in [0.2, 0.25) is 0 Å². The van der Waals surface area contributed by atoms with Gasteiger partial charge < -0.3 is 25.6 Å². The van der Waals surface area contributed by atoms with E-state index in [1.165, 1.54) is 6.20 Å². The van der Waals surface area contributed by atoms with Crippen molar-refractivity contribution < 1.29 is 14.3 Å². The lowest BCUT2D eigenvalue weighted by atomic mass is 9.89. The van der Waals surface area contributed by atoms with Crippen LogP contribution < -0.4 is 15.8 Å². The van der Waals surface area contributed by atoms with Crippen LogP contribution in [0.3, 0.4) is 0 Å². The van der Waals surface area contributed by atoms with Crippen LogP contribution in [0.5, 0.6) is 5.75 Å². The van der Waals surface area contributed by atoms with Gasteiger partial charge in [0.05, 0.1) is 24.5 Å². The molecule has 2 amide bonds. The number of carbonyl (C=O) groups excluding carboxylic acids is 2. The van der Waals surface area contributed by atoms with Gasteiger partial charge in [-0.15, -0.1) is 0 Å². The number of aromatic nitrogens is 1. The molecule has 2 aliphatic heterocycles. The smallest absolute Gasteiger partial charge is 0.313 e. The number of pyridine rings is 1. The zero-order chi connectivity index (χ0) is 24.9. The molecular weight excluding hydrogens is 442 g/mol. The summed E-state index contributed by atoms with van der Waals surface area (Å²) in [5.41, 5.74) is 8.18. The quantitative estimate of drug-likeness (QED) is 0.615. The number of rotatable bonds is 6. The Kier molecular flexibility index (Phi) is 7.90. The molecule has 1 aromatic carbocycles. The molecule has 2 fully saturated rings. The molecule has 8 nitrogen and oxygen atoms in total. The summed E-state index contributed by atoms with van der Waals surface area (Å²) in [6, 6.07) is 9.58. The second-order valence-electron chi connectivity index (χ2n) is 10.0. The van der Waals surface area contributed by atoms with Gasteiger partial charge in [0.25, 0.3) is 0 Å². The first-order valence-corrected chi connectivity index (χ1v) is 12.6. The number of hydrogen-bond acceptors (Lipinski definition) is 6. The van der Waals surface area contributed by atoms with Gasteiger partial charge in [0, 0.05) is 19.0 Å². The normalized spacial score (nSPS) is 22.7. The first-order chi connectivity index (χ1) is 16.8. The Balaban J connectivity index is 1.46. The number of nitrogens with one attached hydrogen (secondary N) is 1. The Morgan fingerprint density at radius 3 is 2.77 bits per heavy atom. The molecule has 2 aliphatic rings. The summed E-state index contributed by atoms with van der Waals surface area (Å²) in [5, 5.41) is 2.72. The van der Waals surface area contributed by atoms with Crippen LogP contribution in [0.1, 0.15) is 50.3 Å². The molecule has 0 bridgehead atoms.